The van der Waals surface area contributed by atoms with E-state index in [2.05, 4.69) is 0 Å². The highest BCUT2D eigenvalue weighted by Gasteiger charge is 2.34. The molecule has 4 N–H and O–H groups in total. The Bertz CT molecular complexity index is 1370. The van der Waals surface area contributed by atoms with E-state index < -0.39 is 18.0 Å². The van der Waals surface area contributed by atoms with Crippen LogP contribution in [0.2, 0.25) is 0 Å². The molecule has 0 spiro atoms. The predicted molar refractivity (Wildman–Crippen MR) is 148 cm³/mol. The van der Waals surface area contributed by atoms with Crippen molar-refractivity contribution in [2.24, 2.45) is 0 Å². The Kier molecular flexibility index (Phi) is 11.0. The van der Waals surface area contributed by atoms with E-state index in [4.69, 9.17) is 35.7 Å². The number of nitriles is 1. The van der Waals surface area contributed by atoms with Crippen molar-refractivity contribution >= 4 is 29.4 Å². The van der Waals surface area contributed by atoms with Crippen LogP contribution >= 0.6 is 0 Å². The summed E-state index contributed by atoms with van der Waals surface area (Å²) in [6.07, 6.45) is 0.847. The fourth-order valence-electron chi connectivity index (χ4n) is 3.46. The lowest BCUT2D eigenvalue weighted by atomic mass is 10.2. The second kappa shape index (κ2) is 14.9. The van der Waals surface area contributed by atoms with Gasteiger partial charge in [0.2, 0.25) is 0 Å². The van der Waals surface area contributed by atoms with E-state index in [0.717, 1.165) is 6.08 Å². The fraction of sp³-hybridized carbons (Fsp3) is 0.233. The number of alkyl halides is 2. The summed E-state index contributed by atoms with van der Waals surface area (Å²) in [5.74, 6) is -0.971. The molecule has 41 heavy (non-hydrogen) atoms. The second-order valence-electron chi connectivity index (χ2n) is 8.70. The molecule has 0 atom stereocenters. The van der Waals surface area contributed by atoms with Crippen LogP contribution in [0.4, 0.5) is 20.2 Å². The number of unbranched alkanes of at least 4 members (excludes halogenated alkanes) is 2. The van der Waals surface area contributed by atoms with E-state index in [0.29, 0.717) is 48.6 Å². The number of hydrogen-bond acceptors (Lipinski definition) is 9. The van der Waals surface area contributed by atoms with Crippen molar-refractivity contribution in [3.63, 3.8) is 0 Å². The summed E-state index contributed by atoms with van der Waals surface area (Å²) < 4.78 is 49.7. The highest BCUT2D eigenvalue weighted by atomic mass is 19.3. The molecule has 0 aliphatic heterocycles. The average Bonchev–Trinajstić information content (AvgIpc) is 2.94. The minimum absolute atomic E-state index is 0.0729. The number of nitrogens with two attached hydrogens (primary N) is 2. The third-order valence-electron chi connectivity index (χ3n) is 5.45. The number of halogens is 2. The van der Waals surface area contributed by atoms with Crippen LogP contribution in [-0.4, -0.2) is 31.8 Å². The number of esters is 2. The van der Waals surface area contributed by atoms with Crippen molar-refractivity contribution in [2.45, 2.75) is 25.4 Å². The summed E-state index contributed by atoms with van der Waals surface area (Å²) in [4.78, 5) is 23.9. The highest BCUT2D eigenvalue weighted by Crippen LogP contribution is 2.32. The molecule has 3 aromatic carbocycles. The molecule has 0 heterocycles. The highest BCUT2D eigenvalue weighted by molar-refractivity contribution is 5.91. The van der Waals surface area contributed by atoms with E-state index in [1.165, 1.54) is 72.8 Å². The molecule has 9 nitrogen and oxygen atoms in total. The van der Waals surface area contributed by atoms with Gasteiger partial charge in [0, 0.05) is 23.9 Å². The predicted octanol–water partition coefficient (Wildman–Crippen LogP) is 5.47. The third-order valence-corrected chi connectivity index (χ3v) is 5.45. The standard InChI is InChI=1S/C30H29F2N3O6/c31-30(32,23-7-11-26(12-8-23)38-15-3-1-2-14-33)41-27-9-4-21(5-10-27)6-13-28(36)39-16-17-40-29(37)22-18-24(34)20-25(35)19-22/h4-13,18-20H,1-3,15-17,34-35H2. The summed E-state index contributed by atoms with van der Waals surface area (Å²) >= 11 is 0. The monoisotopic (exact) mass is 565 g/mol. The van der Waals surface area contributed by atoms with Gasteiger partial charge in [-0.2, -0.15) is 14.0 Å². The Morgan fingerprint density at radius 1 is 0.854 bits per heavy atom. The molecule has 0 unspecified atom stereocenters. The van der Waals surface area contributed by atoms with Crippen molar-refractivity contribution < 1.29 is 37.3 Å². The smallest absolute Gasteiger partial charge is 0.426 e. The summed E-state index contributed by atoms with van der Waals surface area (Å²) in [5.41, 5.74) is 12.3. The van der Waals surface area contributed by atoms with E-state index >= 15 is 0 Å². The van der Waals surface area contributed by atoms with Crippen molar-refractivity contribution in [1.29, 1.82) is 5.26 Å². The summed E-state index contributed by atoms with van der Waals surface area (Å²) in [6.45, 7) is 0.0413. The zero-order chi connectivity index (χ0) is 29.7. The largest absolute Gasteiger partial charge is 0.494 e. The van der Waals surface area contributed by atoms with Gasteiger partial charge in [-0.15, -0.1) is 0 Å². The van der Waals surface area contributed by atoms with Crippen LogP contribution in [0.1, 0.15) is 40.7 Å². The number of hydrogen-bond donors (Lipinski definition) is 2. The number of nitrogen functional groups attached to an aromatic ring is 2. The van der Waals surface area contributed by atoms with Crippen LogP contribution in [0.15, 0.2) is 72.8 Å². The summed E-state index contributed by atoms with van der Waals surface area (Å²) in [7, 11) is 0. The van der Waals surface area contributed by atoms with Crippen LogP contribution in [-0.2, 0) is 20.4 Å². The molecular formula is C30H29F2N3O6. The lowest BCUT2D eigenvalue weighted by Gasteiger charge is -2.18. The lowest BCUT2D eigenvalue weighted by molar-refractivity contribution is -0.185. The Hall–Kier alpha value is -5.11. The topological polar surface area (TPSA) is 147 Å². The molecule has 0 aromatic heterocycles. The maximum absolute atomic E-state index is 14.6. The van der Waals surface area contributed by atoms with Crippen molar-refractivity contribution in [2.75, 3.05) is 31.3 Å². The first-order chi connectivity index (χ1) is 19.7. The van der Waals surface area contributed by atoms with Gasteiger partial charge in [-0.25, -0.2) is 9.59 Å². The molecule has 0 fully saturated rings. The quantitative estimate of drug-likeness (QED) is 0.112. The van der Waals surface area contributed by atoms with Crippen LogP contribution in [0.5, 0.6) is 11.5 Å². The zero-order valence-corrected chi connectivity index (χ0v) is 22.1. The zero-order valence-electron chi connectivity index (χ0n) is 22.1. The first kappa shape index (κ1) is 30.4. The molecule has 11 heteroatoms. The molecule has 3 rings (SSSR count). The summed E-state index contributed by atoms with van der Waals surface area (Å²) in [6, 6.07) is 17.4. The molecule has 0 aliphatic rings. The number of anilines is 2. The molecular weight excluding hydrogens is 536 g/mol. The van der Waals surface area contributed by atoms with Crippen molar-refractivity contribution in [3.8, 4) is 17.6 Å². The SMILES string of the molecule is N#CCCCCOc1ccc(C(F)(F)Oc2ccc(C=CC(=O)OCCOC(=O)c3cc(N)cc(N)c3)cc2)cc1. The van der Waals surface area contributed by atoms with E-state index in [-0.39, 0.29) is 30.1 Å². The van der Waals surface area contributed by atoms with Crippen molar-refractivity contribution in [1.82, 2.24) is 0 Å². The Balaban J connectivity index is 1.42. The number of ether oxygens (including phenoxy) is 4. The first-order valence-electron chi connectivity index (χ1n) is 12.6. The molecule has 0 bridgehead atoms. The Labute approximate surface area is 235 Å². The second-order valence-corrected chi connectivity index (χ2v) is 8.70. The van der Waals surface area contributed by atoms with Crippen LogP contribution in [0, 0.1) is 11.3 Å². The van der Waals surface area contributed by atoms with Gasteiger partial charge in [-0.3, -0.25) is 0 Å². The van der Waals surface area contributed by atoms with Crippen LogP contribution in [0.25, 0.3) is 6.08 Å². The molecule has 214 valence electrons. The first-order valence-corrected chi connectivity index (χ1v) is 12.6. The molecule has 0 amide bonds. The van der Waals surface area contributed by atoms with Gasteiger partial charge in [-0.05, 0) is 79.1 Å². The normalized spacial score (nSPS) is 11.0. The van der Waals surface area contributed by atoms with Gasteiger partial charge in [0.25, 0.3) is 0 Å². The fourth-order valence-corrected chi connectivity index (χ4v) is 3.46. The van der Waals surface area contributed by atoms with Crippen LogP contribution in [0.3, 0.4) is 0 Å². The maximum atomic E-state index is 14.6. The molecule has 3 aromatic rings. The number of benzene rings is 3. The lowest BCUT2D eigenvalue weighted by Crippen LogP contribution is -2.21. The van der Waals surface area contributed by atoms with Crippen LogP contribution < -0.4 is 20.9 Å². The minimum atomic E-state index is -3.59. The summed E-state index contributed by atoms with van der Waals surface area (Å²) in [5, 5.41) is 8.53. The molecule has 0 saturated heterocycles. The van der Waals surface area contributed by atoms with E-state index in [1.807, 2.05) is 6.07 Å². The van der Waals surface area contributed by atoms with Gasteiger partial charge in [0.15, 0.2) is 0 Å². The van der Waals surface area contributed by atoms with Gasteiger partial charge < -0.3 is 30.4 Å². The molecule has 0 radical (unpaired) electrons. The van der Waals surface area contributed by atoms with Gasteiger partial charge in [0.1, 0.15) is 24.7 Å². The third kappa shape index (κ3) is 10.2. The number of carbonyl (C=O) groups excluding carboxylic acids is 2. The number of rotatable bonds is 14. The Morgan fingerprint density at radius 3 is 2.15 bits per heavy atom. The maximum Gasteiger partial charge on any atom is 0.426 e. The van der Waals surface area contributed by atoms with E-state index in [1.54, 1.807) is 0 Å². The Morgan fingerprint density at radius 2 is 1.49 bits per heavy atom. The minimum Gasteiger partial charge on any atom is -0.494 e. The van der Waals surface area contributed by atoms with E-state index in [9.17, 15) is 18.4 Å². The number of carbonyl (C=O) groups is 2. The number of nitrogens with zero attached hydrogens (tertiary/aromatic N) is 1. The average molecular weight is 566 g/mol. The van der Waals surface area contributed by atoms with Crippen molar-refractivity contribution in [3.05, 3.63) is 89.5 Å². The van der Waals surface area contributed by atoms with Gasteiger partial charge in [-0.1, -0.05) is 12.1 Å². The molecule has 0 saturated carbocycles. The van der Waals surface area contributed by atoms with Gasteiger partial charge in [0.05, 0.1) is 23.8 Å². The molecule has 0 aliphatic carbocycles. The van der Waals surface area contributed by atoms with Gasteiger partial charge >= 0.3 is 18.0 Å².